The predicted molar refractivity (Wildman–Crippen MR) is 70.2 cm³/mol. The van der Waals surface area contributed by atoms with Crippen LogP contribution in [0.2, 0.25) is 0 Å². The molecule has 4 heteroatoms. The summed E-state index contributed by atoms with van der Waals surface area (Å²) in [6.45, 7) is 9.74. The summed E-state index contributed by atoms with van der Waals surface area (Å²) in [6.07, 6.45) is 0.824. The molecule has 1 atom stereocenters. The SMILES string of the molecule is Cc1cc(C)c(C(=O)O)c(OC(C)CC(C)C)n1. The predicted octanol–water partition coefficient (Wildman–Crippen LogP) is 3.21. The van der Waals surface area contributed by atoms with Crippen LogP contribution in [-0.2, 0) is 0 Å². The minimum absolute atomic E-state index is 0.0446. The van der Waals surface area contributed by atoms with Crippen molar-refractivity contribution in [3.63, 3.8) is 0 Å². The Bertz CT molecular complexity index is 441. The molecule has 4 nitrogen and oxygen atoms in total. The van der Waals surface area contributed by atoms with Crippen LogP contribution < -0.4 is 4.74 Å². The molecular formula is C14H21NO3. The van der Waals surface area contributed by atoms with E-state index in [0.29, 0.717) is 11.5 Å². The van der Waals surface area contributed by atoms with E-state index in [0.717, 1.165) is 12.1 Å². The summed E-state index contributed by atoms with van der Waals surface area (Å²) in [5.41, 5.74) is 1.61. The summed E-state index contributed by atoms with van der Waals surface area (Å²) in [7, 11) is 0. The Hall–Kier alpha value is -1.58. The molecule has 1 rings (SSSR count). The van der Waals surface area contributed by atoms with Crippen molar-refractivity contribution in [1.29, 1.82) is 0 Å². The number of aryl methyl sites for hydroxylation is 2. The van der Waals surface area contributed by atoms with Gasteiger partial charge in [-0.3, -0.25) is 0 Å². The lowest BCUT2D eigenvalue weighted by Crippen LogP contribution is -2.18. The highest BCUT2D eigenvalue weighted by atomic mass is 16.5. The van der Waals surface area contributed by atoms with Crippen molar-refractivity contribution in [3.05, 3.63) is 22.9 Å². The highest BCUT2D eigenvalue weighted by Gasteiger charge is 2.19. The number of nitrogens with zero attached hydrogens (tertiary/aromatic N) is 1. The number of rotatable bonds is 5. The maximum Gasteiger partial charge on any atom is 0.341 e. The maximum atomic E-state index is 11.2. The molecular weight excluding hydrogens is 230 g/mol. The fourth-order valence-electron chi connectivity index (χ4n) is 2.05. The number of hydrogen-bond donors (Lipinski definition) is 1. The summed E-state index contributed by atoms with van der Waals surface area (Å²) in [5.74, 6) is -0.265. The highest BCUT2D eigenvalue weighted by Crippen LogP contribution is 2.23. The fraction of sp³-hybridized carbons (Fsp3) is 0.571. The van der Waals surface area contributed by atoms with Crippen LogP contribution in [0.3, 0.4) is 0 Å². The zero-order valence-corrected chi connectivity index (χ0v) is 11.7. The first-order chi connectivity index (χ1) is 8.31. The van der Waals surface area contributed by atoms with Crippen LogP contribution in [0.5, 0.6) is 5.88 Å². The van der Waals surface area contributed by atoms with E-state index in [4.69, 9.17) is 4.74 Å². The molecule has 1 unspecified atom stereocenters. The fourth-order valence-corrected chi connectivity index (χ4v) is 2.05. The monoisotopic (exact) mass is 251 g/mol. The van der Waals surface area contributed by atoms with E-state index < -0.39 is 5.97 Å². The number of ether oxygens (including phenoxy) is 1. The molecule has 100 valence electrons. The van der Waals surface area contributed by atoms with Crippen LogP contribution in [0.4, 0.5) is 0 Å². The zero-order valence-electron chi connectivity index (χ0n) is 11.7. The third-order valence-electron chi connectivity index (χ3n) is 2.64. The number of aromatic carboxylic acids is 1. The molecule has 1 N–H and O–H groups in total. The maximum absolute atomic E-state index is 11.2. The number of aromatic nitrogens is 1. The highest BCUT2D eigenvalue weighted by molar-refractivity contribution is 5.91. The average molecular weight is 251 g/mol. The van der Waals surface area contributed by atoms with E-state index in [1.165, 1.54) is 0 Å². The Kier molecular flexibility index (Phi) is 4.70. The molecule has 18 heavy (non-hydrogen) atoms. The normalized spacial score (nSPS) is 12.6. The molecule has 0 aliphatic heterocycles. The van der Waals surface area contributed by atoms with Crippen molar-refractivity contribution in [2.24, 2.45) is 5.92 Å². The van der Waals surface area contributed by atoms with Crippen molar-refractivity contribution in [3.8, 4) is 5.88 Å². The molecule has 0 bridgehead atoms. The number of pyridine rings is 1. The van der Waals surface area contributed by atoms with Gasteiger partial charge in [0.2, 0.25) is 5.88 Å². The first kappa shape index (κ1) is 14.5. The van der Waals surface area contributed by atoms with Gasteiger partial charge in [-0.15, -0.1) is 0 Å². The first-order valence-electron chi connectivity index (χ1n) is 6.19. The van der Waals surface area contributed by atoms with Gasteiger partial charge in [-0.1, -0.05) is 13.8 Å². The van der Waals surface area contributed by atoms with Crippen molar-refractivity contribution in [2.45, 2.75) is 47.1 Å². The van der Waals surface area contributed by atoms with Crippen LogP contribution in [0, 0.1) is 19.8 Å². The quantitative estimate of drug-likeness (QED) is 0.873. The van der Waals surface area contributed by atoms with Crippen molar-refractivity contribution in [1.82, 2.24) is 4.98 Å². The first-order valence-corrected chi connectivity index (χ1v) is 6.19. The molecule has 0 amide bonds. The smallest absolute Gasteiger partial charge is 0.341 e. The van der Waals surface area contributed by atoms with E-state index in [1.54, 1.807) is 13.0 Å². The zero-order chi connectivity index (χ0) is 13.9. The summed E-state index contributed by atoms with van der Waals surface area (Å²) in [5, 5.41) is 9.21. The second-order valence-electron chi connectivity index (χ2n) is 5.12. The average Bonchev–Trinajstić information content (AvgIpc) is 2.12. The van der Waals surface area contributed by atoms with Gasteiger partial charge in [0, 0.05) is 5.69 Å². The van der Waals surface area contributed by atoms with Gasteiger partial charge in [0.15, 0.2) is 0 Å². The van der Waals surface area contributed by atoms with Gasteiger partial charge in [0.25, 0.3) is 0 Å². The molecule has 0 saturated heterocycles. The Balaban J connectivity index is 3.03. The molecule has 0 aliphatic carbocycles. The summed E-state index contributed by atoms with van der Waals surface area (Å²) < 4.78 is 5.69. The van der Waals surface area contributed by atoms with E-state index >= 15 is 0 Å². The van der Waals surface area contributed by atoms with Crippen molar-refractivity contribution < 1.29 is 14.6 Å². The van der Waals surface area contributed by atoms with Crippen LogP contribution >= 0.6 is 0 Å². The van der Waals surface area contributed by atoms with Crippen LogP contribution in [0.25, 0.3) is 0 Å². The molecule has 1 aromatic heterocycles. The molecule has 0 fully saturated rings. The Morgan fingerprint density at radius 3 is 2.50 bits per heavy atom. The topological polar surface area (TPSA) is 59.4 Å². The molecule has 0 aliphatic rings. The van der Waals surface area contributed by atoms with E-state index in [1.807, 2.05) is 13.8 Å². The molecule has 0 aromatic carbocycles. The largest absolute Gasteiger partial charge is 0.477 e. The van der Waals surface area contributed by atoms with Gasteiger partial charge in [-0.2, -0.15) is 0 Å². The summed E-state index contributed by atoms with van der Waals surface area (Å²) >= 11 is 0. The third kappa shape index (κ3) is 3.72. The van der Waals surface area contributed by atoms with Crippen LogP contribution in [-0.4, -0.2) is 22.2 Å². The lowest BCUT2D eigenvalue weighted by Gasteiger charge is -2.18. The second-order valence-corrected chi connectivity index (χ2v) is 5.12. The van der Waals surface area contributed by atoms with Gasteiger partial charge in [-0.25, -0.2) is 9.78 Å². The number of carboxylic acid groups (broad SMARTS) is 1. The van der Waals surface area contributed by atoms with Gasteiger partial charge < -0.3 is 9.84 Å². The van der Waals surface area contributed by atoms with Gasteiger partial charge >= 0.3 is 5.97 Å². The Labute approximate surface area is 108 Å². The lowest BCUT2D eigenvalue weighted by atomic mass is 10.1. The third-order valence-corrected chi connectivity index (χ3v) is 2.64. The van der Waals surface area contributed by atoms with Gasteiger partial charge in [0.1, 0.15) is 5.56 Å². The molecule has 1 aromatic rings. The Morgan fingerprint density at radius 2 is 2.00 bits per heavy atom. The van der Waals surface area contributed by atoms with Gasteiger partial charge in [-0.05, 0) is 44.7 Å². The van der Waals surface area contributed by atoms with E-state index in [2.05, 4.69) is 18.8 Å². The number of carboxylic acids is 1. The minimum atomic E-state index is -0.994. The van der Waals surface area contributed by atoms with Crippen LogP contribution in [0.15, 0.2) is 6.07 Å². The van der Waals surface area contributed by atoms with E-state index in [9.17, 15) is 9.90 Å². The second kappa shape index (κ2) is 5.85. The van der Waals surface area contributed by atoms with Crippen molar-refractivity contribution >= 4 is 5.97 Å². The summed E-state index contributed by atoms with van der Waals surface area (Å²) in [4.78, 5) is 15.4. The molecule has 0 saturated carbocycles. The molecule has 0 radical (unpaired) electrons. The molecule has 1 heterocycles. The summed E-state index contributed by atoms with van der Waals surface area (Å²) in [6, 6.07) is 1.75. The minimum Gasteiger partial charge on any atom is -0.477 e. The standard InChI is InChI=1S/C14H21NO3/c1-8(2)6-11(5)18-13-12(14(16)17)9(3)7-10(4)15-13/h7-8,11H,6H2,1-5H3,(H,16,17). The van der Waals surface area contributed by atoms with Crippen molar-refractivity contribution in [2.75, 3.05) is 0 Å². The number of hydrogen-bond acceptors (Lipinski definition) is 3. The Morgan fingerprint density at radius 1 is 1.39 bits per heavy atom. The van der Waals surface area contributed by atoms with E-state index in [-0.39, 0.29) is 17.5 Å². The number of carbonyl (C=O) groups is 1. The lowest BCUT2D eigenvalue weighted by molar-refractivity contribution is 0.0686. The van der Waals surface area contributed by atoms with Gasteiger partial charge in [0.05, 0.1) is 6.10 Å². The van der Waals surface area contributed by atoms with Crippen LogP contribution in [0.1, 0.15) is 48.8 Å². The molecule has 0 spiro atoms.